The summed E-state index contributed by atoms with van der Waals surface area (Å²) in [6.45, 7) is 11.2. The third-order valence-electron chi connectivity index (χ3n) is 3.03. The zero-order valence-electron chi connectivity index (χ0n) is 11.1. The largest absolute Gasteiger partial charge is 0.345 e. The quantitative estimate of drug-likeness (QED) is 0.722. The highest BCUT2D eigenvalue weighted by molar-refractivity contribution is 5.50. The third-order valence-corrected chi connectivity index (χ3v) is 3.03. The van der Waals surface area contributed by atoms with Crippen LogP contribution in [0.4, 0.5) is 5.69 Å². The first-order valence-corrected chi connectivity index (χ1v) is 5.93. The minimum Gasteiger partial charge on any atom is -0.345 e. The third kappa shape index (κ3) is 3.13. The van der Waals surface area contributed by atoms with Gasteiger partial charge in [-0.25, -0.2) is 0 Å². The lowest BCUT2D eigenvalue weighted by atomic mass is 9.87. The molecule has 88 valence electrons. The molecular weight excluding hydrogens is 194 g/mol. The van der Waals surface area contributed by atoms with Crippen molar-refractivity contribution in [1.82, 2.24) is 0 Å². The molecule has 0 saturated heterocycles. The van der Waals surface area contributed by atoms with E-state index in [9.17, 15) is 0 Å². The van der Waals surface area contributed by atoms with E-state index in [4.69, 9.17) is 0 Å². The minimum absolute atomic E-state index is 0.259. The molecule has 1 rings (SSSR count). The first-order valence-electron chi connectivity index (χ1n) is 5.93. The maximum atomic E-state index is 2.33. The van der Waals surface area contributed by atoms with Crippen molar-refractivity contribution < 1.29 is 0 Å². The summed E-state index contributed by atoms with van der Waals surface area (Å²) in [5.74, 6) is 0. The Kier molecular flexibility index (Phi) is 4.17. The Morgan fingerprint density at radius 1 is 1.12 bits per heavy atom. The van der Waals surface area contributed by atoms with Gasteiger partial charge in [0.25, 0.3) is 0 Å². The summed E-state index contributed by atoms with van der Waals surface area (Å²) in [5.41, 5.74) is 1.51. The average molecular weight is 217 g/mol. The van der Waals surface area contributed by atoms with Gasteiger partial charge in [0.15, 0.2) is 0 Å². The molecule has 0 aliphatic carbocycles. The second kappa shape index (κ2) is 5.20. The first kappa shape index (κ1) is 12.8. The number of hydrogen-bond donors (Lipinski definition) is 0. The molecule has 1 unspecified atom stereocenters. The zero-order chi connectivity index (χ0) is 12.2. The van der Waals surface area contributed by atoms with E-state index in [1.807, 2.05) is 0 Å². The normalized spacial score (nSPS) is 14.1. The number of benzene rings is 1. The highest BCUT2D eigenvalue weighted by atomic mass is 15.1. The summed E-state index contributed by atoms with van der Waals surface area (Å²) in [5, 5.41) is 0. The van der Waals surface area contributed by atoms with Gasteiger partial charge in [-0.3, -0.25) is 0 Å². The number of rotatable bonds is 3. The predicted octanol–water partition coefficient (Wildman–Crippen LogP) is 4.46. The van der Waals surface area contributed by atoms with Crippen LogP contribution in [0.5, 0.6) is 0 Å². The maximum Gasteiger partial charge on any atom is 0.0408 e. The molecule has 1 nitrogen and oxygen atoms in total. The molecule has 0 heterocycles. The Balaban J connectivity index is 3.01. The predicted molar refractivity (Wildman–Crippen MR) is 72.7 cm³/mol. The lowest BCUT2D eigenvalue weighted by Gasteiger charge is -2.37. The highest BCUT2D eigenvalue weighted by Crippen LogP contribution is 2.28. The topological polar surface area (TPSA) is 3.24 Å². The molecule has 16 heavy (non-hydrogen) atoms. The lowest BCUT2D eigenvalue weighted by molar-refractivity contribution is 0.335. The fraction of sp³-hybridized carbons (Fsp3) is 0.467. The van der Waals surface area contributed by atoms with E-state index in [-0.39, 0.29) is 5.41 Å². The van der Waals surface area contributed by atoms with E-state index in [1.54, 1.807) is 0 Å². The van der Waals surface area contributed by atoms with Gasteiger partial charge < -0.3 is 4.90 Å². The lowest BCUT2D eigenvalue weighted by Crippen LogP contribution is -2.38. The molecular formula is C15H23N. The molecule has 1 atom stereocenters. The van der Waals surface area contributed by atoms with Gasteiger partial charge in [0.2, 0.25) is 0 Å². The van der Waals surface area contributed by atoms with Crippen molar-refractivity contribution in [2.75, 3.05) is 4.90 Å². The molecule has 0 aliphatic heterocycles. The number of allylic oxidation sites excluding steroid dienone is 1. The van der Waals surface area contributed by atoms with Gasteiger partial charge in [-0.05, 0) is 31.4 Å². The molecule has 0 amide bonds. The number of anilines is 1. The summed E-state index contributed by atoms with van der Waals surface area (Å²) >= 11 is 0. The van der Waals surface area contributed by atoms with Gasteiger partial charge in [0.05, 0.1) is 0 Å². The Morgan fingerprint density at radius 3 is 2.12 bits per heavy atom. The van der Waals surface area contributed by atoms with Crippen molar-refractivity contribution >= 4 is 5.69 Å². The Morgan fingerprint density at radius 2 is 1.69 bits per heavy atom. The van der Waals surface area contributed by atoms with E-state index in [0.717, 1.165) is 0 Å². The van der Waals surface area contributed by atoms with Crippen molar-refractivity contribution in [3.63, 3.8) is 0 Å². The van der Waals surface area contributed by atoms with Crippen LogP contribution in [0, 0.1) is 5.41 Å². The maximum absolute atomic E-state index is 2.33. The van der Waals surface area contributed by atoms with Crippen LogP contribution in [0.2, 0.25) is 0 Å². The fourth-order valence-corrected chi connectivity index (χ4v) is 1.62. The Bertz CT molecular complexity index is 332. The van der Waals surface area contributed by atoms with Crippen LogP contribution in [0.25, 0.3) is 0 Å². The van der Waals surface area contributed by atoms with Crippen LogP contribution < -0.4 is 4.90 Å². The molecule has 0 N–H and O–H groups in total. The first-order chi connectivity index (χ1) is 7.46. The monoisotopic (exact) mass is 217 g/mol. The van der Waals surface area contributed by atoms with Crippen LogP contribution in [0.15, 0.2) is 42.6 Å². The van der Waals surface area contributed by atoms with Crippen LogP contribution in [-0.2, 0) is 0 Å². The van der Waals surface area contributed by atoms with Crippen molar-refractivity contribution in [3.8, 4) is 0 Å². The van der Waals surface area contributed by atoms with Gasteiger partial charge in [0, 0.05) is 17.9 Å². The molecule has 1 heteroatoms. The second-order valence-corrected chi connectivity index (χ2v) is 5.27. The smallest absolute Gasteiger partial charge is 0.0408 e. The summed E-state index contributed by atoms with van der Waals surface area (Å²) in [6, 6.07) is 11.0. The fourth-order valence-electron chi connectivity index (χ4n) is 1.62. The molecule has 0 aliphatic rings. The molecule has 0 aromatic heterocycles. The summed E-state index contributed by atoms with van der Waals surface area (Å²) < 4.78 is 0. The number of para-hydroxylation sites is 1. The van der Waals surface area contributed by atoms with Gasteiger partial charge in [-0.15, -0.1) is 0 Å². The molecule has 1 aromatic rings. The van der Waals surface area contributed by atoms with E-state index in [0.29, 0.717) is 6.04 Å². The van der Waals surface area contributed by atoms with Crippen LogP contribution in [0.1, 0.15) is 34.6 Å². The van der Waals surface area contributed by atoms with E-state index < -0.39 is 0 Å². The Labute approximate surface area is 99.8 Å². The van der Waals surface area contributed by atoms with E-state index in [1.165, 1.54) is 5.69 Å². The summed E-state index contributed by atoms with van der Waals surface area (Å²) in [6.07, 6.45) is 4.25. The van der Waals surface area contributed by atoms with Gasteiger partial charge in [-0.1, -0.05) is 45.0 Å². The SMILES string of the molecule is C/C=C\N(c1ccccc1)C(C)C(C)(C)C. The summed E-state index contributed by atoms with van der Waals surface area (Å²) in [4.78, 5) is 2.33. The summed E-state index contributed by atoms with van der Waals surface area (Å²) in [7, 11) is 0. The molecule has 0 radical (unpaired) electrons. The van der Waals surface area contributed by atoms with E-state index >= 15 is 0 Å². The van der Waals surface area contributed by atoms with Crippen molar-refractivity contribution in [2.45, 2.75) is 40.7 Å². The van der Waals surface area contributed by atoms with Crippen LogP contribution in [-0.4, -0.2) is 6.04 Å². The van der Waals surface area contributed by atoms with Crippen molar-refractivity contribution in [2.24, 2.45) is 5.41 Å². The van der Waals surface area contributed by atoms with E-state index in [2.05, 4.69) is 82.1 Å². The standard InChI is InChI=1S/C15H23N/c1-6-12-16(13(2)15(3,4)5)14-10-8-7-9-11-14/h6-13H,1-5H3/b12-6-. The minimum atomic E-state index is 0.259. The van der Waals surface area contributed by atoms with Crippen LogP contribution >= 0.6 is 0 Å². The van der Waals surface area contributed by atoms with Gasteiger partial charge in [0.1, 0.15) is 0 Å². The average Bonchev–Trinajstić information content (AvgIpc) is 2.25. The van der Waals surface area contributed by atoms with Crippen molar-refractivity contribution in [1.29, 1.82) is 0 Å². The van der Waals surface area contributed by atoms with Gasteiger partial charge in [-0.2, -0.15) is 0 Å². The molecule has 0 fully saturated rings. The second-order valence-electron chi connectivity index (χ2n) is 5.27. The number of nitrogens with zero attached hydrogens (tertiary/aromatic N) is 1. The van der Waals surface area contributed by atoms with Crippen molar-refractivity contribution in [3.05, 3.63) is 42.6 Å². The number of hydrogen-bond acceptors (Lipinski definition) is 1. The molecule has 0 saturated carbocycles. The molecule has 0 bridgehead atoms. The molecule has 1 aromatic carbocycles. The Hall–Kier alpha value is -1.24. The zero-order valence-corrected chi connectivity index (χ0v) is 11.1. The van der Waals surface area contributed by atoms with Crippen LogP contribution in [0.3, 0.4) is 0 Å². The highest BCUT2D eigenvalue weighted by Gasteiger charge is 2.25. The molecule has 0 spiro atoms. The van der Waals surface area contributed by atoms with Gasteiger partial charge >= 0.3 is 0 Å².